The summed E-state index contributed by atoms with van der Waals surface area (Å²) >= 11 is 0. The first-order valence-corrected chi connectivity index (χ1v) is 15.2. The Kier molecular flexibility index (Phi) is 8.14. The molecule has 2 amide bonds. The fourth-order valence-electron chi connectivity index (χ4n) is 5.91. The summed E-state index contributed by atoms with van der Waals surface area (Å²) in [5, 5.41) is 3.84. The molecule has 7 heteroatoms. The number of hydrogen-bond donors (Lipinski definition) is 2. The smallest absolute Gasteiger partial charge is 0.326 e. The highest BCUT2D eigenvalue weighted by Crippen LogP contribution is 2.45. The lowest BCUT2D eigenvalue weighted by atomic mass is 9.71. The van der Waals surface area contributed by atoms with E-state index in [1.54, 1.807) is 11.9 Å². The van der Waals surface area contributed by atoms with Crippen molar-refractivity contribution in [3.8, 4) is 5.75 Å². The summed E-state index contributed by atoms with van der Waals surface area (Å²) in [6.45, 7) is 18.5. The summed E-state index contributed by atoms with van der Waals surface area (Å²) in [6, 6.07) is 19.3. The maximum Gasteiger partial charge on any atom is 0.326 e. The first-order chi connectivity index (χ1) is 20.3. The topological polar surface area (TPSA) is 77.7 Å². The number of ether oxygens (including phenoxy) is 1. The number of nitrogens with zero attached hydrogens (tertiary/aromatic N) is 2. The number of aromatic amines is 1. The van der Waals surface area contributed by atoms with Crippen molar-refractivity contribution in [1.82, 2.24) is 9.88 Å². The molecule has 226 valence electrons. The van der Waals surface area contributed by atoms with E-state index in [1.807, 2.05) is 60.7 Å². The molecular formula is C36H44N4O3. The van der Waals surface area contributed by atoms with Gasteiger partial charge in [-0.2, -0.15) is 0 Å². The second kappa shape index (κ2) is 11.5. The lowest BCUT2D eigenvalue weighted by molar-refractivity contribution is 0.103. The minimum Gasteiger partial charge on any atom is -0.492 e. The van der Waals surface area contributed by atoms with Crippen LogP contribution in [-0.4, -0.2) is 55.0 Å². The summed E-state index contributed by atoms with van der Waals surface area (Å²) in [7, 11) is 1.75. The molecule has 0 aliphatic heterocycles. The SMILES string of the molecule is CCN(CC)CCOc1ccc2c(c1)C(C)(C)c1[nH]c3cc(N(C)C(=O)Nc4ccc(C(C)(C)C)cc4)ccc3c1C2=O. The molecule has 3 aromatic carbocycles. The molecule has 4 aromatic rings. The van der Waals surface area contributed by atoms with Gasteiger partial charge in [-0.05, 0) is 72.1 Å². The molecule has 1 aliphatic rings. The number of ketones is 1. The van der Waals surface area contributed by atoms with E-state index < -0.39 is 5.41 Å². The Bertz CT molecular complexity index is 1660. The number of hydrogen-bond acceptors (Lipinski definition) is 4. The van der Waals surface area contributed by atoms with Gasteiger partial charge in [0.15, 0.2) is 5.78 Å². The number of benzene rings is 3. The minimum atomic E-state index is -0.446. The van der Waals surface area contributed by atoms with Gasteiger partial charge in [-0.25, -0.2) is 4.79 Å². The maximum atomic E-state index is 13.8. The number of carbonyl (C=O) groups excluding carboxylic acids is 2. The maximum absolute atomic E-state index is 13.8. The number of anilines is 2. The molecule has 0 saturated carbocycles. The van der Waals surface area contributed by atoms with E-state index in [-0.39, 0.29) is 17.2 Å². The van der Waals surface area contributed by atoms with Gasteiger partial charge in [0.1, 0.15) is 12.4 Å². The minimum absolute atomic E-state index is 0.00261. The van der Waals surface area contributed by atoms with Crippen molar-refractivity contribution in [1.29, 1.82) is 0 Å². The first-order valence-electron chi connectivity index (χ1n) is 15.2. The standard InChI is InChI=1S/C36H44N4O3/c1-9-40(10-2)19-20-43-26-16-18-27-29(22-26)36(6,7)33-31(32(27)41)28-17-15-25(21-30(28)38-33)39(8)34(42)37-24-13-11-23(12-14-24)35(3,4)5/h11-18,21-22,38H,9-10,19-20H2,1-8H3,(H,37,42). The van der Waals surface area contributed by atoms with Crippen molar-refractivity contribution < 1.29 is 14.3 Å². The van der Waals surface area contributed by atoms with E-state index in [4.69, 9.17) is 4.74 Å². The number of rotatable bonds is 8. The van der Waals surface area contributed by atoms with Gasteiger partial charge in [0.2, 0.25) is 0 Å². The predicted molar refractivity (Wildman–Crippen MR) is 176 cm³/mol. The van der Waals surface area contributed by atoms with E-state index in [0.717, 1.165) is 58.9 Å². The van der Waals surface area contributed by atoms with Crippen molar-refractivity contribution in [3.63, 3.8) is 0 Å². The van der Waals surface area contributed by atoms with Crippen LogP contribution in [0.25, 0.3) is 10.9 Å². The summed E-state index contributed by atoms with van der Waals surface area (Å²) in [5.74, 6) is 0.775. The molecule has 0 bridgehead atoms. The molecule has 2 N–H and O–H groups in total. The Morgan fingerprint density at radius 2 is 1.67 bits per heavy atom. The molecule has 0 fully saturated rings. The Labute approximate surface area is 255 Å². The van der Waals surface area contributed by atoms with Crippen LogP contribution in [0.1, 0.15) is 81.2 Å². The van der Waals surface area contributed by atoms with Gasteiger partial charge < -0.3 is 19.9 Å². The zero-order chi connectivity index (χ0) is 31.1. The lowest BCUT2D eigenvalue weighted by Gasteiger charge is -2.32. The predicted octanol–water partition coefficient (Wildman–Crippen LogP) is 7.72. The van der Waals surface area contributed by atoms with Crippen LogP contribution in [0, 0.1) is 0 Å². The van der Waals surface area contributed by atoms with Crippen molar-refractivity contribution >= 4 is 34.1 Å². The van der Waals surface area contributed by atoms with Crippen LogP contribution in [0.3, 0.4) is 0 Å². The zero-order valence-electron chi connectivity index (χ0n) is 26.7. The highest BCUT2D eigenvalue weighted by molar-refractivity contribution is 6.20. The molecule has 5 rings (SSSR count). The van der Waals surface area contributed by atoms with Gasteiger partial charge in [0, 0.05) is 52.5 Å². The van der Waals surface area contributed by atoms with Gasteiger partial charge in [-0.3, -0.25) is 9.69 Å². The largest absolute Gasteiger partial charge is 0.492 e. The third-order valence-electron chi connectivity index (χ3n) is 8.81. The number of H-pyrrole nitrogens is 1. The lowest BCUT2D eigenvalue weighted by Crippen LogP contribution is -2.31. The molecule has 1 aromatic heterocycles. The van der Waals surface area contributed by atoms with Crippen molar-refractivity contribution in [2.24, 2.45) is 0 Å². The van der Waals surface area contributed by atoms with Crippen LogP contribution < -0.4 is 15.0 Å². The van der Waals surface area contributed by atoms with Crippen molar-refractivity contribution in [2.45, 2.75) is 59.3 Å². The average Bonchev–Trinajstić information content (AvgIpc) is 3.38. The summed E-state index contributed by atoms with van der Waals surface area (Å²) in [6.07, 6.45) is 0. The van der Waals surface area contributed by atoms with Crippen LogP contribution in [0.15, 0.2) is 60.7 Å². The van der Waals surface area contributed by atoms with E-state index in [2.05, 4.69) is 63.7 Å². The highest BCUT2D eigenvalue weighted by Gasteiger charge is 2.40. The van der Waals surface area contributed by atoms with E-state index in [9.17, 15) is 9.59 Å². The van der Waals surface area contributed by atoms with Crippen LogP contribution in [0.5, 0.6) is 5.75 Å². The number of likely N-dealkylation sites (N-methyl/N-ethyl adjacent to an activating group) is 1. The normalized spacial score (nSPS) is 14.0. The quantitative estimate of drug-likeness (QED) is 0.224. The summed E-state index contributed by atoms with van der Waals surface area (Å²) < 4.78 is 6.10. The number of urea groups is 1. The molecule has 1 aliphatic carbocycles. The number of carbonyl (C=O) groups is 2. The second-order valence-corrected chi connectivity index (χ2v) is 13.0. The average molecular weight is 581 g/mol. The van der Waals surface area contributed by atoms with Gasteiger partial charge in [-0.15, -0.1) is 0 Å². The third kappa shape index (κ3) is 5.78. The van der Waals surface area contributed by atoms with Crippen LogP contribution in [0.2, 0.25) is 0 Å². The Hall–Kier alpha value is -4.10. The van der Waals surface area contributed by atoms with Gasteiger partial charge in [-0.1, -0.05) is 66.7 Å². The summed E-state index contributed by atoms with van der Waals surface area (Å²) in [4.78, 5) is 34.4. The highest BCUT2D eigenvalue weighted by atomic mass is 16.5. The summed E-state index contributed by atoms with van der Waals surface area (Å²) in [5.41, 5.74) is 6.31. The van der Waals surface area contributed by atoms with E-state index >= 15 is 0 Å². The van der Waals surface area contributed by atoms with Gasteiger partial charge >= 0.3 is 6.03 Å². The Morgan fingerprint density at radius 3 is 2.33 bits per heavy atom. The van der Waals surface area contributed by atoms with Crippen molar-refractivity contribution in [2.75, 3.05) is 43.5 Å². The molecule has 1 heterocycles. The van der Waals surface area contributed by atoms with E-state index in [1.165, 1.54) is 5.56 Å². The van der Waals surface area contributed by atoms with Gasteiger partial charge in [0.05, 0.1) is 5.56 Å². The number of amides is 2. The molecule has 0 radical (unpaired) electrons. The van der Waals surface area contributed by atoms with Crippen LogP contribution in [-0.2, 0) is 10.8 Å². The Morgan fingerprint density at radius 1 is 0.977 bits per heavy atom. The number of nitrogens with one attached hydrogen (secondary N) is 2. The third-order valence-corrected chi connectivity index (χ3v) is 8.81. The second-order valence-electron chi connectivity index (χ2n) is 13.0. The molecule has 7 nitrogen and oxygen atoms in total. The molecule has 0 spiro atoms. The number of aromatic nitrogens is 1. The zero-order valence-corrected chi connectivity index (χ0v) is 26.7. The number of fused-ring (bicyclic) bond motifs is 4. The van der Waals surface area contributed by atoms with Crippen LogP contribution >= 0.6 is 0 Å². The Balaban J connectivity index is 1.39. The molecule has 0 atom stereocenters. The van der Waals surface area contributed by atoms with Crippen LogP contribution in [0.4, 0.5) is 16.2 Å². The fraction of sp³-hybridized carbons (Fsp3) is 0.389. The fourth-order valence-corrected chi connectivity index (χ4v) is 5.91. The van der Waals surface area contributed by atoms with Gasteiger partial charge in [0.25, 0.3) is 0 Å². The van der Waals surface area contributed by atoms with Crippen molar-refractivity contribution in [3.05, 3.63) is 88.6 Å². The molecule has 0 unspecified atom stereocenters. The van der Waals surface area contributed by atoms with E-state index in [0.29, 0.717) is 17.7 Å². The monoisotopic (exact) mass is 580 g/mol. The molecular weight excluding hydrogens is 536 g/mol. The molecule has 43 heavy (non-hydrogen) atoms. The molecule has 0 saturated heterocycles. The first kappa shape index (κ1) is 30.4.